The third-order valence-corrected chi connectivity index (χ3v) is 3.39. The van der Waals surface area contributed by atoms with E-state index in [2.05, 4.69) is 0 Å². The number of primary amides is 1. The first-order valence-electron chi connectivity index (χ1n) is 7.29. The SMILES string of the molecule is C/C=C\N(C)c1cccc(COc2ccc(F)c(C(N)=O)c2F)c1. The number of hydrogen-bond donors (Lipinski definition) is 1. The summed E-state index contributed by atoms with van der Waals surface area (Å²) in [5.74, 6) is -3.50. The van der Waals surface area contributed by atoms with Gasteiger partial charge in [-0.25, -0.2) is 8.78 Å². The summed E-state index contributed by atoms with van der Waals surface area (Å²) in [6.07, 6.45) is 3.81. The van der Waals surface area contributed by atoms with E-state index in [1.54, 1.807) is 0 Å². The van der Waals surface area contributed by atoms with Gasteiger partial charge in [0, 0.05) is 12.7 Å². The van der Waals surface area contributed by atoms with Crippen LogP contribution < -0.4 is 15.4 Å². The number of halogens is 2. The van der Waals surface area contributed by atoms with E-state index in [-0.39, 0.29) is 12.4 Å². The number of benzene rings is 2. The molecule has 0 aromatic heterocycles. The predicted molar refractivity (Wildman–Crippen MR) is 88.9 cm³/mol. The largest absolute Gasteiger partial charge is 0.486 e. The molecule has 6 heteroatoms. The van der Waals surface area contributed by atoms with Crippen molar-refractivity contribution in [3.8, 4) is 5.75 Å². The van der Waals surface area contributed by atoms with Crippen LogP contribution in [0.3, 0.4) is 0 Å². The van der Waals surface area contributed by atoms with Gasteiger partial charge in [-0.3, -0.25) is 4.79 Å². The van der Waals surface area contributed by atoms with E-state index in [1.807, 2.05) is 55.4 Å². The molecule has 2 N–H and O–H groups in total. The summed E-state index contributed by atoms with van der Waals surface area (Å²) >= 11 is 0. The summed E-state index contributed by atoms with van der Waals surface area (Å²) in [6, 6.07) is 9.57. The molecule has 0 fully saturated rings. The monoisotopic (exact) mass is 332 g/mol. The molecule has 126 valence electrons. The highest BCUT2D eigenvalue weighted by Gasteiger charge is 2.19. The van der Waals surface area contributed by atoms with Crippen LogP contribution >= 0.6 is 0 Å². The molecule has 0 aliphatic heterocycles. The van der Waals surface area contributed by atoms with Crippen molar-refractivity contribution in [1.82, 2.24) is 0 Å². The summed E-state index contributed by atoms with van der Waals surface area (Å²) in [5, 5.41) is 0. The lowest BCUT2D eigenvalue weighted by atomic mass is 10.1. The van der Waals surface area contributed by atoms with E-state index in [1.165, 1.54) is 0 Å². The Kier molecular flexibility index (Phi) is 5.52. The smallest absolute Gasteiger partial charge is 0.254 e. The van der Waals surface area contributed by atoms with Crippen molar-refractivity contribution in [3.05, 3.63) is 71.4 Å². The second kappa shape index (κ2) is 7.59. The van der Waals surface area contributed by atoms with Gasteiger partial charge in [-0.1, -0.05) is 18.2 Å². The number of anilines is 1. The number of hydrogen-bond acceptors (Lipinski definition) is 3. The zero-order valence-corrected chi connectivity index (χ0v) is 13.4. The van der Waals surface area contributed by atoms with E-state index < -0.39 is 23.1 Å². The molecule has 0 radical (unpaired) electrons. The van der Waals surface area contributed by atoms with Crippen LogP contribution in [-0.2, 0) is 6.61 Å². The van der Waals surface area contributed by atoms with Crippen LogP contribution in [0, 0.1) is 11.6 Å². The Balaban J connectivity index is 2.19. The fraction of sp³-hybridized carbons (Fsp3) is 0.167. The minimum atomic E-state index is -1.18. The van der Waals surface area contributed by atoms with Crippen LogP contribution in [0.5, 0.6) is 5.75 Å². The highest BCUT2D eigenvalue weighted by Crippen LogP contribution is 2.24. The summed E-state index contributed by atoms with van der Waals surface area (Å²) < 4.78 is 32.9. The Morgan fingerprint density at radius 1 is 1.29 bits per heavy atom. The highest BCUT2D eigenvalue weighted by molar-refractivity contribution is 5.93. The van der Waals surface area contributed by atoms with Crippen LogP contribution in [0.25, 0.3) is 0 Å². The third-order valence-electron chi connectivity index (χ3n) is 3.39. The van der Waals surface area contributed by atoms with Gasteiger partial charge in [0.2, 0.25) is 0 Å². The maximum Gasteiger partial charge on any atom is 0.254 e. The van der Waals surface area contributed by atoms with Gasteiger partial charge in [-0.15, -0.1) is 0 Å². The van der Waals surface area contributed by atoms with E-state index in [0.717, 1.165) is 23.4 Å². The minimum Gasteiger partial charge on any atom is -0.486 e. The number of allylic oxidation sites excluding steroid dienone is 1. The topological polar surface area (TPSA) is 55.6 Å². The number of rotatable bonds is 6. The molecule has 0 unspecified atom stereocenters. The molecule has 0 aliphatic carbocycles. The molecule has 0 bridgehead atoms. The summed E-state index contributed by atoms with van der Waals surface area (Å²) in [7, 11) is 1.90. The van der Waals surface area contributed by atoms with E-state index in [9.17, 15) is 13.6 Å². The van der Waals surface area contributed by atoms with Crippen molar-refractivity contribution in [2.75, 3.05) is 11.9 Å². The van der Waals surface area contributed by atoms with Crippen molar-refractivity contribution in [2.24, 2.45) is 5.73 Å². The summed E-state index contributed by atoms with van der Waals surface area (Å²) in [6.45, 7) is 1.98. The maximum absolute atomic E-state index is 14.1. The summed E-state index contributed by atoms with van der Waals surface area (Å²) in [4.78, 5) is 13.0. The number of amides is 1. The average molecular weight is 332 g/mol. The molecule has 0 aliphatic rings. The van der Waals surface area contributed by atoms with Crippen LogP contribution in [0.1, 0.15) is 22.8 Å². The minimum absolute atomic E-state index is 0.0677. The quantitative estimate of drug-likeness (QED) is 0.879. The van der Waals surface area contributed by atoms with Crippen LogP contribution in [0.2, 0.25) is 0 Å². The zero-order valence-electron chi connectivity index (χ0n) is 13.4. The van der Waals surface area contributed by atoms with Gasteiger partial charge >= 0.3 is 0 Å². The molecule has 2 aromatic carbocycles. The van der Waals surface area contributed by atoms with Crippen molar-refractivity contribution in [1.29, 1.82) is 0 Å². The van der Waals surface area contributed by atoms with Crippen molar-refractivity contribution >= 4 is 11.6 Å². The molecular weight excluding hydrogens is 314 g/mol. The van der Waals surface area contributed by atoms with Crippen LogP contribution in [-0.4, -0.2) is 13.0 Å². The molecule has 0 saturated carbocycles. The van der Waals surface area contributed by atoms with Gasteiger partial charge < -0.3 is 15.4 Å². The first-order valence-corrected chi connectivity index (χ1v) is 7.29. The summed E-state index contributed by atoms with van der Waals surface area (Å²) in [5.41, 5.74) is 5.93. The predicted octanol–water partition coefficient (Wildman–Crippen LogP) is 3.61. The molecule has 0 atom stereocenters. The third kappa shape index (κ3) is 3.90. The fourth-order valence-corrected chi connectivity index (χ4v) is 2.21. The van der Waals surface area contributed by atoms with E-state index >= 15 is 0 Å². The Hall–Kier alpha value is -2.89. The van der Waals surface area contributed by atoms with Crippen molar-refractivity contribution in [2.45, 2.75) is 13.5 Å². The number of carbonyl (C=O) groups excluding carboxylic acids is 1. The van der Waals surface area contributed by atoms with Crippen molar-refractivity contribution in [3.63, 3.8) is 0 Å². The van der Waals surface area contributed by atoms with Gasteiger partial charge in [0.25, 0.3) is 5.91 Å². The Morgan fingerprint density at radius 2 is 2.04 bits per heavy atom. The average Bonchev–Trinajstić information content (AvgIpc) is 2.54. The second-order valence-corrected chi connectivity index (χ2v) is 5.15. The molecule has 0 spiro atoms. The second-order valence-electron chi connectivity index (χ2n) is 5.15. The Bertz CT molecular complexity index is 776. The maximum atomic E-state index is 14.1. The number of nitrogens with zero attached hydrogens (tertiary/aromatic N) is 1. The van der Waals surface area contributed by atoms with Gasteiger partial charge in [-0.2, -0.15) is 0 Å². The van der Waals surface area contributed by atoms with E-state index in [4.69, 9.17) is 10.5 Å². The molecule has 2 aromatic rings. The number of ether oxygens (including phenoxy) is 1. The van der Waals surface area contributed by atoms with Crippen LogP contribution in [0.4, 0.5) is 14.5 Å². The van der Waals surface area contributed by atoms with Gasteiger partial charge in [0.1, 0.15) is 18.0 Å². The first-order chi connectivity index (χ1) is 11.4. The number of nitrogens with two attached hydrogens (primary N) is 1. The lowest BCUT2D eigenvalue weighted by Gasteiger charge is -2.15. The first kappa shape index (κ1) is 17.5. The zero-order chi connectivity index (χ0) is 17.7. The van der Waals surface area contributed by atoms with Crippen molar-refractivity contribution < 1.29 is 18.3 Å². The van der Waals surface area contributed by atoms with E-state index in [0.29, 0.717) is 0 Å². The number of carbonyl (C=O) groups is 1. The van der Waals surface area contributed by atoms with Gasteiger partial charge in [-0.05, 0) is 43.0 Å². The molecule has 0 saturated heterocycles. The lowest BCUT2D eigenvalue weighted by Crippen LogP contribution is -2.16. The van der Waals surface area contributed by atoms with Gasteiger partial charge in [0.15, 0.2) is 11.6 Å². The molecule has 2 rings (SSSR count). The molecule has 24 heavy (non-hydrogen) atoms. The molecule has 0 heterocycles. The Morgan fingerprint density at radius 3 is 2.71 bits per heavy atom. The lowest BCUT2D eigenvalue weighted by molar-refractivity contribution is 0.0991. The Labute approximate surface area is 139 Å². The van der Waals surface area contributed by atoms with Gasteiger partial charge in [0.05, 0.1) is 0 Å². The molecule has 4 nitrogen and oxygen atoms in total. The molecule has 1 amide bonds. The molecular formula is C18H18F2N2O2. The normalized spacial score (nSPS) is 10.8. The van der Waals surface area contributed by atoms with Crippen LogP contribution in [0.15, 0.2) is 48.7 Å². The standard InChI is InChI=1S/C18H18F2N2O2/c1-3-9-22(2)13-6-4-5-12(10-13)11-24-15-8-7-14(19)16(17(15)20)18(21)23/h3-10H,11H2,1-2H3,(H2,21,23)/b9-3-. The highest BCUT2D eigenvalue weighted by atomic mass is 19.1. The fourth-order valence-electron chi connectivity index (χ4n) is 2.21.